The second kappa shape index (κ2) is 14.7. The van der Waals surface area contributed by atoms with Crippen molar-refractivity contribution in [2.75, 3.05) is 0 Å². The molecule has 0 radical (unpaired) electrons. The van der Waals surface area contributed by atoms with Crippen LogP contribution in [0.2, 0.25) is 0 Å². The van der Waals surface area contributed by atoms with E-state index in [2.05, 4.69) is 65.0 Å². The van der Waals surface area contributed by atoms with Gasteiger partial charge in [0.15, 0.2) is 0 Å². The highest BCUT2D eigenvalue weighted by molar-refractivity contribution is 5.29. The summed E-state index contributed by atoms with van der Waals surface area (Å²) in [5.74, 6) is 1.04. The van der Waals surface area contributed by atoms with Crippen LogP contribution in [0.1, 0.15) is 96.3 Å². The van der Waals surface area contributed by atoms with Gasteiger partial charge in [-0.05, 0) is 62.6 Å². The predicted octanol–water partition coefficient (Wildman–Crippen LogP) is 8.05. The van der Waals surface area contributed by atoms with Crippen molar-refractivity contribution in [2.24, 2.45) is 11.7 Å². The minimum Gasteiger partial charge on any atom is -0.326 e. The summed E-state index contributed by atoms with van der Waals surface area (Å²) in [6.07, 6.45) is 15.7. The summed E-state index contributed by atoms with van der Waals surface area (Å²) >= 11 is 0. The summed E-state index contributed by atoms with van der Waals surface area (Å²) in [6.45, 7) is 11.6. The summed E-state index contributed by atoms with van der Waals surface area (Å²) in [6, 6.07) is 6.31. The summed E-state index contributed by atoms with van der Waals surface area (Å²) in [7, 11) is 0. The average molecular weight is 372 g/mol. The molecule has 0 amide bonds. The Morgan fingerprint density at radius 2 is 1.59 bits per heavy atom. The molecule has 0 aliphatic heterocycles. The predicted molar refractivity (Wildman–Crippen MR) is 124 cm³/mol. The first-order chi connectivity index (χ1) is 12.5. The molecule has 0 atom stereocenters. The number of hydrogen-bond acceptors (Lipinski definition) is 1. The molecule has 2 aliphatic carbocycles. The molecule has 2 aliphatic rings. The first-order valence-corrected chi connectivity index (χ1v) is 10.6. The van der Waals surface area contributed by atoms with Crippen molar-refractivity contribution in [1.82, 2.24) is 0 Å². The van der Waals surface area contributed by atoms with Gasteiger partial charge in [0.1, 0.15) is 0 Å². The normalized spacial score (nSPS) is 16.5. The maximum absolute atomic E-state index is 5.47. The summed E-state index contributed by atoms with van der Waals surface area (Å²) < 4.78 is 0. The highest BCUT2D eigenvalue weighted by atomic mass is 14.5. The van der Waals surface area contributed by atoms with E-state index in [0.29, 0.717) is 6.54 Å². The van der Waals surface area contributed by atoms with Crippen LogP contribution >= 0.6 is 0 Å². The van der Waals surface area contributed by atoms with Gasteiger partial charge in [0.05, 0.1) is 0 Å². The Labute approximate surface area is 170 Å². The molecular formula is C26H45N. The smallest absolute Gasteiger partial charge is 0.0178 e. The van der Waals surface area contributed by atoms with Gasteiger partial charge in [-0.25, -0.2) is 0 Å². The van der Waals surface area contributed by atoms with E-state index in [1.807, 2.05) is 0 Å². The molecule has 154 valence electrons. The van der Waals surface area contributed by atoms with E-state index in [9.17, 15) is 0 Å². The SMILES string of the molecule is C.CC1CCCCC1.CCC1=CC=C(C)CC1.Cc1ccc(CN)cc1C. The van der Waals surface area contributed by atoms with Crippen molar-refractivity contribution in [3.8, 4) is 0 Å². The molecule has 0 heterocycles. The van der Waals surface area contributed by atoms with Crippen LogP contribution in [0.4, 0.5) is 0 Å². The van der Waals surface area contributed by atoms with E-state index in [0.717, 1.165) is 5.92 Å². The molecule has 0 aromatic heterocycles. The zero-order chi connectivity index (χ0) is 19.4. The Morgan fingerprint density at radius 1 is 0.926 bits per heavy atom. The lowest BCUT2D eigenvalue weighted by molar-refractivity contribution is 0.385. The zero-order valence-electron chi connectivity index (χ0n) is 17.9. The van der Waals surface area contributed by atoms with Crippen LogP contribution in [0, 0.1) is 19.8 Å². The van der Waals surface area contributed by atoms with E-state index in [1.165, 1.54) is 73.6 Å². The fraction of sp³-hybridized carbons (Fsp3) is 0.615. The van der Waals surface area contributed by atoms with Crippen LogP contribution in [-0.2, 0) is 6.54 Å². The Balaban J connectivity index is 0.000000374. The Kier molecular flexibility index (Phi) is 14.0. The Morgan fingerprint density at radius 3 is 2.00 bits per heavy atom. The molecule has 2 N–H and O–H groups in total. The van der Waals surface area contributed by atoms with E-state index < -0.39 is 0 Å². The first-order valence-electron chi connectivity index (χ1n) is 10.6. The summed E-state index contributed by atoms with van der Waals surface area (Å²) in [4.78, 5) is 0. The second-order valence-electron chi connectivity index (χ2n) is 8.06. The fourth-order valence-electron chi connectivity index (χ4n) is 3.32. The van der Waals surface area contributed by atoms with E-state index in [4.69, 9.17) is 5.73 Å². The summed E-state index contributed by atoms with van der Waals surface area (Å²) in [5, 5.41) is 0. The topological polar surface area (TPSA) is 26.0 Å². The highest BCUT2D eigenvalue weighted by Crippen LogP contribution is 2.22. The maximum atomic E-state index is 5.47. The number of hydrogen-bond donors (Lipinski definition) is 1. The number of rotatable bonds is 2. The quantitative estimate of drug-likeness (QED) is 0.559. The molecule has 1 nitrogen and oxygen atoms in total. The molecule has 0 unspecified atom stereocenters. The van der Waals surface area contributed by atoms with Crippen LogP contribution in [0.5, 0.6) is 0 Å². The molecule has 1 aromatic rings. The Bertz CT molecular complexity index is 574. The third-order valence-corrected chi connectivity index (χ3v) is 5.60. The van der Waals surface area contributed by atoms with Crippen LogP contribution in [0.15, 0.2) is 41.5 Å². The standard InChI is InChI=1S/C9H13N.C9H14.C7H14.CH4/c1-7-3-4-9(6-10)5-8(7)2;1-3-9-6-4-8(2)5-7-9;1-7-5-3-2-4-6-7;/h3-5H,6,10H2,1-2H3;4,6H,3,5,7H2,1-2H3;7H,2-6H2,1H3;1H4. The average Bonchev–Trinajstić information content (AvgIpc) is 2.66. The lowest BCUT2D eigenvalue weighted by atomic mass is 9.91. The van der Waals surface area contributed by atoms with Crippen molar-refractivity contribution >= 4 is 0 Å². The van der Waals surface area contributed by atoms with E-state index >= 15 is 0 Å². The Hall–Kier alpha value is -1.34. The van der Waals surface area contributed by atoms with Gasteiger partial charge in [0, 0.05) is 6.54 Å². The second-order valence-corrected chi connectivity index (χ2v) is 8.06. The van der Waals surface area contributed by atoms with Crippen LogP contribution < -0.4 is 5.73 Å². The molecule has 0 saturated heterocycles. The number of aryl methyl sites for hydroxylation is 2. The number of benzene rings is 1. The number of allylic oxidation sites excluding steroid dienone is 4. The molecular weight excluding hydrogens is 326 g/mol. The van der Waals surface area contributed by atoms with E-state index in [1.54, 1.807) is 5.57 Å². The van der Waals surface area contributed by atoms with Gasteiger partial charge in [0.25, 0.3) is 0 Å². The van der Waals surface area contributed by atoms with Gasteiger partial charge in [-0.15, -0.1) is 0 Å². The van der Waals surface area contributed by atoms with Crippen LogP contribution in [0.3, 0.4) is 0 Å². The third-order valence-electron chi connectivity index (χ3n) is 5.60. The van der Waals surface area contributed by atoms with Gasteiger partial charge in [0.2, 0.25) is 0 Å². The largest absolute Gasteiger partial charge is 0.326 e. The summed E-state index contributed by atoms with van der Waals surface area (Å²) in [5.41, 5.74) is 12.5. The molecule has 0 bridgehead atoms. The van der Waals surface area contributed by atoms with Gasteiger partial charge in [-0.1, -0.05) is 94.9 Å². The zero-order valence-corrected chi connectivity index (χ0v) is 17.9. The fourth-order valence-corrected chi connectivity index (χ4v) is 3.32. The van der Waals surface area contributed by atoms with Crippen LogP contribution in [0.25, 0.3) is 0 Å². The number of nitrogens with two attached hydrogens (primary N) is 1. The molecule has 1 aromatic carbocycles. The highest BCUT2D eigenvalue weighted by Gasteiger charge is 2.06. The van der Waals surface area contributed by atoms with Gasteiger partial charge in [-0.2, -0.15) is 0 Å². The lowest BCUT2D eigenvalue weighted by Crippen LogP contribution is -1.99. The minimum absolute atomic E-state index is 0. The van der Waals surface area contributed by atoms with Crippen molar-refractivity contribution in [1.29, 1.82) is 0 Å². The molecule has 1 fully saturated rings. The van der Waals surface area contributed by atoms with E-state index in [-0.39, 0.29) is 7.43 Å². The monoisotopic (exact) mass is 371 g/mol. The lowest BCUT2D eigenvalue weighted by Gasteiger charge is -2.15. The molecule has 1 saturated carbocycles. The molecule has 3 rings (SSSR count). The molecule has 1 heteroatoms. The van der Waals surface area contributed by atoms with Crippen molar-refractivity contribution < 1.29 is 0 Å². The minimum atomic E-state index is 0. The maximum Gasteiger partial charge on any atom is 0.0178 e. The van der Waals surface area contributed by atoms with Gasteiger partial charge >= 0.3 is 0 Å². The first kappa shape index (κ1) is 25.7. The van der Waals surface area contributed by atoms with Gasteiger partial charge < -0.3 is 5.73 Å². The van der Waals surface area contributed by atoms with Crippen molar-refractivity contribution in [3.63, 3.8) is 0 Å². The van der Waals surface area contributed by atoms with Crippen molar-refractivity contribution in [3.05, 3.63) is 58.2 Å². The van der Waals surface area contributed by atoms with Gasteiger partial charge in [-0.3, -0.25) is 0 Å². The molecule has 0 spiro atoms. The molecule has 27 heavy (non-hydrogen) atoms. The van der Waals surface area contributed by atoms with Crippen LogP contribution in [-0.4, -0.2) is 0 Å². The third kappa shape index (κ3) is 11.2. The van der Waals surface area contributed by atoms with Crippen molar-refractivity contribution in [2.45, 2.75) is 100.0 Å².